The van der Waals surface area contributed by atoms with Crippen molar-refractivity contribution >= 4 is 16.9 Å². The summed E-state index contributed by atoms with van der Waals surface area (Å²) < 4.78 is 22.4. The van der Waals surface area contributed by atoms with Crippen molar-refractivity contribution in [1.82, 2.24) is 4.90 Å². The van der Waals surface area contributed by atoms with Crippen LogP contribution in [0.4, 0.5) is 0 Å². The monoisotopic (exact) mass is 445 g/mol. The SMILES string of the molecule is COc1ccc([C@@H]2c3c(oc4cc(C)cc(C)c4c3=O)C(=O)N2Cc2ccco2)cc1OC. The number of ether oxygens (including phenoxy) is 2. The number of nitrogens with zero attached hydrogens (tertiary/aromatic N) is 1. The van der Waals surface area contributed by atoms with E-state index in [-0.39, 0.29) is 23.6 Å². The van der Waals surface area contributed by atoms with E-state index >= 15 is 0 Å². The molecule has 0 aliphatic carbocycles. The van der Waals surface area contributed by atoms with Crippen molar-refractivity contribution in [2.45, 2.75) is 26.4 Å². The molecule has 0 bridgehead atoms. The number of fused-ring (bicyclic) bond motifs is 2. The van der Waals surface area contributed by atoms with Crippen molar-refractivity contribution in [2.24, 2.45) is 0 Å². The molecule has 168 valence electrons. The van der Waals surface area contributed by atoms with Crippen molar-refractivity contribution < 1.29 is 23.1 Å². The Balaban J connectivity index is 1.77. The number of amides is 1. The number of hydrogen-bond acceptors (Lipinski definition) is 6. The van der Waals surface area contributed by atoms with Crippen molar-refractivity contribution in [1.29, 1.82) is 0 Å². The average Bonchev–Trinajstić information content (AvgIpc) is 3.40. The summed E-state index contributed by atoms with van der Waals surface area (Å²) in [6.07, 6.45) is 1.55. The largest absolute Gasteiger partial charge is 0.493 e. The maximum Gasteiger partial charge on any atom is 0.291 e. The van der Waals surface area contributed by atoms with Crippen LogP contribution in [0.5, 0.6) is 11.5 Å². The lowest BCUT2D eigenvalue weighted by molar-refractivity contribution is 0.0701. The number of aryl methyl sites for hydroxylation is 2. The first kappa shape index (κ1) is 20.9. The number of methoxy groups -OCH3 is 2. The lowest BCUT2D eigenvalue weighted by Crippen LogP contribution is -2.29. The van der Waals surface area contributed by atoms with Gasteiger partial charge in [0.1, 0.15) is 11.3 Å². The molecule has 0 spiro atoms. The predicted octanol–water partition coefficient (Wildman–Crippen LogP) is 4.77. The van der Waals surface area contributed by atoms with Gasteiger partial charge in [-0.05, 0) is 60.9 Å². The molecule has 0 radical (unpaired) electrons. The molecule has 2 aromatic heterocycles. The van der Waals surface area contributed by atoms with E-state index in [2.05, 4.69) is 0 Å². The molecular formula is C26H23NO6. The number of hydrogen-bond donors (Lipinski definition) is 0. The molecule has 0 saturated heterocycles. The standard InChI is InChI=1S/C26H23NO6/c1-14-10-15(2)21-20(11-14)33-25-22(24(21)28)23(16-7-8-18(30-3)19(12-16)31-4)27(26(25)29)13-17-6-5-9-32-17/h5-12,23H,13H2,1-4H3/t23-/m1/s1. The minimum atomic E-state index is -0.668. The summed E-state index contributed by atoms with van der Waals surface area (Å²) in [6, 6.07) is 12.0. The normalized spacial score (nSPS) is 15.2. The topological polar surface area (TPSA) is 82.1 Å². The average molecular weight is 445 g/mol. The van der Waals surface area contributed by atoms with Gasteiger partial charge in [-0.25, -0.2) is 0 Å². The Hall–Kier alpha value is -4.00. The van der Waals surface area contributed by atoms with Crippen LogP contribution in [0.15, 0.2) is 62.4 Å². The fourth-order valence-electron chi connectivity index (χ4n) is 4.62. The quantitative estimate of drug-likeness (QED) is 0.440. The van der Waals surface area contributed by atoms with E-state index in [1.54, 1.807) is 55.7 Å². The Morgan fingerprint density at radius 1 is 1.00 bits per heavy atom. The molecule has 3 heterocycles. The Labute approximate surface area is 190 Å². The molecule has 0 saturated carbocycles. The summed E-state index contributed by atoms with van der Waals surface area (Å²) in [5.41, 5.74) is 3.00. The minimum absolute atomic E-state index is 0.0591. The Bertz CT molecular complexity index is 1430. The highest BCUT2D eigenvalue weighted by Gasteiger charge is 2.43. The fraction of sp³-hybridized carbons (Fsp3) is 0.231. The van der Waals surface area contributed by atoms with Crippen LogP contribution in [0.3, 0.4) is 0 Å². The van der Waals surface area contributed by atoms with Crippen molar-refractivity contribution in [3.63, 3.8) is 0 Å². The van der Waals surface area contributed by atoms with Crippen LogP contribution in [-0.4, -0.2) is 25.0 Å². The van der Waals surface area contributed by atoms with Crippen LogP contribution in [-0.2, 0) is 6.54 Å². The van der Waals surface area contributed by atoms with E-state index in [0.29, 0.717) is 39.4 Å². The Morgan fingerprint density at radius 3 is 2.48 bits per heavy atom. The molecule has 1 aliphatic rings. The highest BCUT2D eigenvalue weighted by Crippen LogP contribution is 2.42. The summed E-state index contributed by atoms with van der Waals surface area (Å²) in [4.78, 5) is 28.9. The zero-order chi connectivity index (χ0) is 23.3. The molecule has 1 amide bonds. The second kappa shape index (κ2) is 7.85. The molecule has 1 atom stereocenters. The maximum atomic E-state index is 13.8. The molecule has 0 fully saturated rings. The Morgan fingerprint density at radius 2 is 1.79 bits per heavy atom. The van der Waals surface area contributed by atoms with Gasteiger partial charge in [0.25, 0.3) is 5.91 Å². The third kappa shape index (κ3) is 3.28. The predicted molar refractivity (Wildman–Crippen MR) is 122 cm³/mol. The van der Waals surface area contributed by atoms with Crippen LogP contribution in [0, 0.1) is 13.8 Å². The van der Waals surface area contributed by atoms with E-state index < -0.39 is 6.04 Å². The van der Waals surface area contributed by atoms with E-state index in [1.165, 1.54) is 0 Å². The number of furan rings is 1. The second-order valence-electron chi connectivity index (χ2n) is 8.16. The van der Waals surface area contributed by atoms with Gasteiger partial charge in [0, 0.05) is 0 Å². The fourth-order valence-corrected chi connectivity index (χ4v) is 4.62. The summed E-state index contributed by atoms with van der Waals surface area (Å²) in [5.74, 6) is 1.36. The highest BCUT2D eigenvalue weighted by atomic mass is 16.5. The Kier molecular flexibility index (Phi) is 4.96. The van der Waals surface area contributed by atoms with Crippen LogP contribution in [0.1, 0.15) is 44.6 Å². The van der Waals surface area contributed by atoms with Gasteiger partial charge >= 0.3 is 0 Å². The van der Waals surface area contributed by atoms with Gasteiger partial charge < -0.3 is 23.2 Å². The molecule has 2 aromatic carbocycles. The molecule has 5 rings (SSSR count). The van der Waals surface area contributed by atoms with E-state index in [0.717, 1.165) is 11.1 Å². The van der Waals surface area contributed by atoms with E-state index in [4.69, 9.17) is 18.3 Å². The van der Waals surface area contributed by atoms with Crippen LogP contribution < -0.4 is 14.9 Å². The molecule has 7 nitrogen and oxygen atoms in total. The molecule has 0 unspecified atom stereocenters. The summed E-state index contributed by atoms with van der Waals surface area (Å²) in [7, 11) is 3.10. The molecule has 4 aromatic rings. The lowest BCUT2D eigenvalue weighted by atomic mass is 9.96. The lowest BCUT2D eigenvalue weighted by Gasteiger charge is -2.25. The number of rotatable bonds is 5. The molecule has 1 aliphatic heterocycles. The first-order valence-corrected chi connectivity index (χ1v) is 10.6. The smallest absolute Gasteiger partial charge is 0.291 e. The van der Waals surface area contributed by atoms with Crippen molar-refractivity contribution in [3.05, 3.63) is 92.7 Å². The zero-order valence-corrected chi connectivity index (χ0v) is 18.8. The first-order valence-electron chi connectivity index (χ1n) is 10.6. The molecule has 0 N–H and O–H groups in total. The zero-order valence-electron chi connectivity index (χ0n) is 18.8. The van der Waals surface area contributed by atoms with Gasteiger partial charge in [0.2, 0.25) is 5.76 Å². The second-order valence-corrected chi connectivity index (χ2v) is 8.16. The van der Waals surface area contributed by atoms with Crippen LogP contribution in [0.25, 0.3) is 11.0 Å². The number of carbonyl (C=O) groups is 1. The molecule has 33 heavy (non-hydrogen) atoms. The third-order valence-corrected chi connectivity index (χ3v) is 6.04. The summed E-state index contributed by atoms with van der Waals surface area (Å²) in [5, 5.41) is 0.484. The van der Waals surface area contributed by atoms with E-state index in [9.17, 15) is 9.59 Å². The summed E-state index contributed by atoms with van der Waals surface area (Å²) >= 11 is 0. The van der Waals surface area contributed by atoms with Gasteiger partial charge in [0.05, 0.1) is 44.0 Å². The van der Waals surface area contributed by atoms with Gasteiger partial charge in [-0.3, -0.25) is 9.59 Å². The molecular weight excluding hydrogens is 422 g/mol. The van der Waals surface area contributed by atoms with Gasteiger partial charge in [0.15, 0.2) is 16.9 Å². The molecule has 7 heteroatoms. The highest BCUT2D eigenvalue weighted by molar-refractivity contribution is 5.99. The van der Waals surface area contributed by atoms with Crippen molar-refractivity contribution in [2.75, 3.05) is 14.2 Å². The van der Waals surface area contributed by atoms with Crippen LogP contribution >= 0.6 is 0 Å². The summed E-state index contributed by atoms with van der Waals surface area (Å²) in [6.45, 7) is 3.99. The number of carbonyl (C=O) groups excluding carboxylic acids is 1. The van der Waals surface area contributed by atoms with Crippen LogP contribution in [0.2, 0.25) is 0 Å². The van der Waals surface area contributed by atoms with Gasteiger partial charge in [-0.1, -0.05) is 12.1 Å². The minimum Gasteiger partial charge on any atom is -0.493 e. The number of benzene rings is 2. The first-order chi connectivity index (χ1) is 15.9. The maximum absolute atomic E-state index is 13.8. The van der Waals surface area contributed by atoms with Crippen molar-refractivity contribution in [3.8, 4) is 11.5 Å². The van der Waals surface area contributed by atoms with Gasteiger partial charge in [-0.2, -0.15) is 0 Å². The third-order valence-electron chi connectivity index (χ3n) is 6.04. The van der Waals surface area contributed by atoms with Gasteiger partial charge in [-0.15, -0.1) is 0 Å². The van der Waals surface area contributed by atoms with E-state index in [1.807, 2.05) is 26.0 Å².